The second-order valence-corrected chi connectivity index (χ2v) is 4.81. The first-order chi connectivity index (χ1) is 7.15. The molecular formula is C12H24N2O. The van der Waals surface area contributed by atoms with Gasteiger partial charge in [0.25, 0.3) is 0 Å². The van der Waals surface area contributed by atoms with Gasteiger partial charge in [-0.15, -0.1) is 0 Å². The maximum Gasteiger partial charge on any atom is 0.223 e. The lowest BCUT2D eigenvalue weighted by atomic mass is 9.97. The summed E-state index contributed by atoms with van der Waals surface area (Å²) in [6.07, 6.45) is 5.51. The van der Waals surface area contributed by atoms with Crippen LogP contribution in [-0.2, 0) is 4.79 Å². The number of hydrogen-bond acceptors (Lipinski definition) is 2. The van der Waals surface area contributed by atoms with Gasteiger partial charge in [0.2, 0.25) is 5.91 Å². The minimum Gasteiger partial charge on any atom is -0.354 e. The predicted molar refractivity (Wildman–Crippen MR) is 62.4 cm³/mol. The van der Waals surface area contributed by atoms with Crippen LogP contribution in [0, 0.1) is 11.8 Å². The zero-order chi connectivity index (χ0) is 11.3. The van der Waals surface area contributed by atoms with Crippen LogP contribution in [0.15, 0.2) is 0 Å². The van der Waals surface area contributed by atoms with Crippen LogP contribution >= 0.6 is 0 Å². The monoisotopic (exact) mass is 212 g/mol. The van der Waals surface area contributed by atoms with Gasteiger partial charge in [-0.25, -0.2) is 0 Å². The van der Waals surface area contributed by atoms with Gasteiger partial charge in [-0.1, -0.05) is 26.7 Å². The fourth-order valence-corrected chi connectivity index (χ4v) is 2.37. The zero-order valence-electron chi connectivity index (χ0n) is 9.96. The van der Waals surface area contributed by atoms with E-state index in [-0.39, 0.29) is 17.9 Å². The molecule has 1 amide bonds. The highest BCUT2D eigenvalue weighted by molar-refractivity contribution is 5.79. The molecule has 0 aliphatic heterocycles. The Morgan fingerprint density at radius 2 is 2.27 bits per heavy atom. The van der Waals surface area contributed by atoms with Gasteiger partial charge >= 0.3 is 0 Å². The second kappa shape index (κ2) is 6.11. The van der Waals surface area contributed by atoms with Gasteiger partial charge in [-0.2, -0.15) is 0 Å². The first kappa shape index (κ1) is 12.5. The van der Waals surface area contributed by atoms with Crippen molar-refractivity contribution in [1.29, 1.82) is 0 Å². The van der Waals surface area contributed by atoms with Crippen molar-refractivity contribution in [1.82, 2.24) is 5.32 Å². The highest BCUT2D eigenvalue weighted by Crippen LogP contribution is 2.30. The molecule has 3 N–H and O–H groups in total. The van der Waals surface area contributed by atoms with Gasteiger partial charge in [0.1, 0.15) is 0 Å². The van der Waals surface area contributed by atoms with Gasteiger partial charge < -0.3 is 11.1 Å². The fourth-order valence-electron chi connectivity index (χ4n) is 2.37. The molecule has 0 radical (unpaired) electrons. The molecule has 0 aromatic rings. The Hall–Kier alpha value is -0.570. The Bertz CT molecular complexity index is 206. The molecule has 1 rings (SSSR count). The molecule has 0 heterocycles. The summed E-state index contributed by atoms with van der Waals surface area (Å²) >= 11 is 0. The van der Waals surface area contributed by atoms with Crippen molar-refractivity contribution in [3.8, 4) is 0 Å². The van der Waals surface area contributed by atoms with Crippen molar-refractivity contribution in [3.63, 3.8) is 0 Å². The molecule has 0 spiro atoms. The lowest BCUT2D eigenvalue weighted by molar-refractivity contribution is -0.125. The zero-order valence-corrected chi connectivity index (χ0v) is 9.96. The SMILES string of the molecule is CCCC(N)CNC(=O)C1CCCC1C. The summed E-state index contributed by atoms with van der Waals surface area (Å²) in [4.78, 5) is 11.8. The fraction of sp³-hybridized carbons (Fsp3) is 0.917. The van der Waals surface area contributed by atoms with Crippen LogP contribution in [0.1, 0.15) is 46.0 Å². The van der Waals surface area contributed by atoms with Crippen LogP contribution in [0.25, 0.3) is 0 Å². The molecule has 0 bridgehead atoms. The van der Waals surface area contributed by atoms with Crippen molar-refractivity contribution < 1.29 is 4.79 Å². The molecule has 88 valence electrons. The summed E-state index contributed by atoms with van der Waals surface area (Å²) in [6, 6.07) is 0.121. The van der Waals surface area contributed by atoms with Crippen molar-refractivity contribution in [2.24, 2.45) is 17.6 Å². The van der Waals surface area contributed by atoms with Crippen LogP contribution in [0.2, 0.25) is 0 Å². The molecule has 0 aromatic heterocycles. The molecule has 3 nitrogen and oxygen atoms in total. The summed E-state index contributed by atoms with van der Waals surface area (Å²) in [6.45, 7) is 4.92. The van der Waals surface area contributed by atoms with E-state index >= 15 is 0 Å². The van der Waals surface area contributed by atoms with Gasteiger partial charge in [0.05, 0.1) is 0 Å². The Kier molecular flexibility index (Phi) is 5.09. The normalized spacial score (nSPS) is 27.7. The smallest absolute Gasteiger partial charge is 0.223 e. The summed E-state index contributed by atoms with van der Waals surface area (Å²) in [7, 11) is 0. The standard InChI is InChI=1S/C12H24N2O/c1-3-5-10(13)8-14-12(15)11-7-4-6-9(11)2/h9-11H,3-8,13H2,1-2H3,(H,14,15). The lowest BCUT2D eigenvalue weighted by Crippen LogP contribution is -2.40. The Balaban J connectivity index is 2.23. The molecule has 1 aliphatic carbocycles. The van der Waals surface area contributed by atoms with Gasteiger partial charge in [0.15, 0.2) is 0 Å². The van der Waals surface area contributed by atoms with Gasteiger partial charge in [0, 0.05) is 18.5 Å². The van der Waals surface area contributed by atoms with E-state index in [1.165, 1.54) is 12.8 Å². The minimum atomic E-state index is 0.121. The van der Waals surface area contributed by atoms with E-state index in [1.54, 1.807) is 0 Å². The van der Waals surface area contributed by atoms with Crippen LogP contribution in [-0.4, -0.2) is 18.5 Å². The van der Waals surface area contributed by atoms with Crippen LogP contribution in [0.5, 0.6) is 0 Å². The maximum atomic E-state index is 11.8. The second-order valence-electron chi connectivity index (χ2n) is 4.81. The molecule has 1 aliphatic rings. The third kappa shape index (κ3) is 3.82. The number of nitrogens with two attached hydrogens (primary N) is 1. The first-order valence-electron chi connectivity index (χ1n) is 6.18. The summed E-state index contributed by atoms with van der Waals surface area (Å²) in [5, 5.41) is 2.98. The van der Waals surface area contributed by atoms with E-state index in [1.807, 2.05) is 0 Å². The number of rotatable bonds is 5. The molecule has 3 heteroatoms. The van der Waals surface area contributed by atoms with E-state index in [9.17, 15) is 4.79 Å². The average molecular weight is 212 g/mol. The van der Waals surface area contributed by atoms with Gasteiger partial charge in [-0.3, -0.25) is 4.79 Å². The van der Waals surface area contributed by atoms with Crippen molar-refractivity contribution in [2.45, 2.75) is 52.0 Å². The van der Waals surface area contributed by atoms with Crippen molar-refractivity contribution in [2.75, 3.05) is 6.54 Å². The van der Waals surface area contributed by atoms with Crippen molar-refractivity contribution in [3.05, 3.63) is 0 Å². The third-order valence-corrected chi connectivity index (χ3v) is 3.40. The van der Waals surface area contributed by atoms with E-state index < -0.39 is 0 Å². The molecule has 3 atom stereocenters. The molecule has 0 aromatic carbocycles. The predicted octanol–water partition coefficient (Wildman–Crippen LogP) is 1.67. The largest absolute Gasteiger partial charge is 0.354 e. The highest BCUT2D eigenvalue weighted by Gasteiger charge is 2.29. The lowest BCUT2D eigenvalue weighted by Gasteiger charge is -2.17. The summed E-state index contributed by atoms with van der Waals surface area (Å²) < 4.78 is 0. The molecule has 3 unspecified atom stereocenters. The average Bonchev–Trinajstić information content (AvgIpc) is 2.61. The number of carbonyl (C=O) groups excluding carboxylic acids is 1. The number of carbonyl (C=O) groups is 1. The van der Waals surface area contributed by atoms with E-state index in [4.69, 9.17) is 5.73 Å². The Labute approximate surface area is 92.8 Å². The molecule has 1 fully saturated rings. The van der Waals surface area contributed by atoms with Crippen molar-refractivity contribution >= 4 is 5.91 Å². The third-order valence-electron chi connectivity index (χ3n) is 3.40. The van der Waals surface area contributed by atoms with E-state index in [0.717, 1.165) is 19.3 Å². The number of amides is 1. The molecule has 0 saturated heterocycles. The summed E-state index contributed by atoms with van der Waals surface area (Å²) in [5.74, 6) is 0.998. The molecule has 1 saturated carbocycles. The highest BCUT2D eigenvalue weighted by atomic mass is 16.1. The van der Waals surface area contributed by atoms with Gasteiger partial charge in [-0.05, 0) is 25.2 Å². The Morgan fingerprint density at radius 1 is 1.53 bits per heavy atom. The quantitative estimate of drug-likeness (QED) is 0.728. The molecular weight excluding hydrogens is 188 g/mol. The summed E-state index contributed by atoms with van der Waals surface area (Å²) in [5.41, 5.74) is 5.85. The first-order valence-corrected chi connectivity index (χ1v) is 6.18. The maximum absolute atomic E-state index is 11.8. The number of hydrogen-bond donors (Lipinski definition) is 2. The number of nitrogens with one attached hydrogen (secondary N) is 1. The topological polar surface area (TPSA) is 55.1 Å². The van der Waals surface area contributed by atoms with E-state index in [2.05, 4.69) is 19.2 Å². The molecule has 15 heavy (non-hydrogen) atoms. The van der Waals surface area contributed by atoms with E-state index in [0.29, 0.717) is 12.5 Å². The van der Waals surface area contributed by atoms with Crippen LogP contribution < -0.4 is 11.1 Å². The Morgan fingerprint density at radius 3 is 2.80 bits per heavy atom. The van der Waals surface area contributed by atoms with Crippen LogP contribution in [0.4, 0.5) is 0 Å². The minimum absolute atomic E-state index is 0.121. The van der Waals surface area contributed by atoms with Crippen LogP contribution in [0.3, 0.4) is 0 Å².